The van der Waals surface area contributed by atoms with Crippen molar-refractivity contribution in [1.82, 2.24) is 0 Å². The van der Waals surface area contributed by atoms with E-state index in [4.69, 9.17) is 23.2 Å². The molecular formula is C7H12Cl2OS2. The molecule has 5 heteroatoms. The van der Waals surface area contributed by atoms with E-state index in [-0.39, 0.29) is 5.24 Å². The highest BCUT2D eigenvalue weighted by atomic mass is 35.5. The number of carbonyl (C=O) groups excluding carboxylic acids is 1. The summed E-state index contributed by atoms with van der Waals surface area (Å²) in [7, 11) is 3.59. The molecular weight excluding hydrogens is 235 g/mol. The Balaban J connectivity index is 2.86. The number of hydrogen-bond donors (Lipinski definition) is 0. The first-order chi connectivity index (χ1) is 5.77. The zero-order chi connectivity index (χ0) is 9.23. The molecule has 0 saturated carbocycles. The van der Waals surface area contributed by atoms with Gasteiger partial charge in [0.25, 0.3) is 0 Å². The van der Waals surface area contributed by atoms with Crippen LogP contribution in [0.1, 0.15) is 19.3 Å². The molecule has 0 amide bonds. The van der Waals surface area contributed by atoms with Crippen LogP contribution in [0.15, 0.2) is 0 Å². The topological polar surface area (TPSA) is 17.1 Å². The lowest BCUT2D eigenvalue weighted by Crippen LogP contribution is -1.87. The minimum absolute atomic E-state index is 0.228. The summed E-state index contributed by atoms with van der Waals surface area (Å²) in [6, 6.07) is 0. The quantitative estimate of drug-likeness (QED) is 0.282. The van der Waals surface area contributed by atoms with E-state index < -0.39 is 0 Å². The SMILES string of the molecule is O=C(Cl)CCCCSSCCCl. The molecule has 0 unspecified atom stereocenters. The lowest BCUT2D eigenvalue weighted by molar-refractivity contribution is -0.111. The van der Waals surface area contributed by atoms with Gasteiger partial charge in [0.15, 0.2) is 0 Å². The molecule has 12 heavy (non-hydrogen) atoms. The van der Waals surface area contributed by atoms with Crippen molar-refractivity contribution in [2.45, 2.75) is 19.3 Å². The molecule has 0 atom stereocenters. The Morgan fingerprint density at radius 2 is 1.83 bits per heavy atom. The van der Waals surface area contributed by atoms with Gasteiger partial charge in [0.1, 0.15) is 0 Å². The molecule has 0 aliphatic heterocycles. The minimum Gasteiger partial charge on any atom is -0.281 e. The number of halogens is 2. The summed E-state index contributed by atoms with van der Waals surface area (Å²) in [5, 5.41) is -0.228. The highest BCUT2D eigenvalue weighted by Crippen LogP contribution is 2.22. The average molecular weight is 247 g/mol. The molecule has 0 aliphatic carbocycles. The number of alkyl halides is 1. The van der Waals surface area contributed by atoms with Crippen molar-refractivity contribution in [3.8, 4) is 0 Å². The maximum absolute atomic E-state index is 10.3. The van der Waals surface area contributed by atoms with Gasteiger partial charge in [-0.05, 0) is 24.4 Å². The molecule has 0 aromatic rings. The monoisotopic (exact) mass is 246 g/mol. The molecule has 0 bridgehead atoms. The van der Waals surface area contributed by atoms with Crippen molar-refractivity contribution in [2.75, 3.05) is 17.4 Å². The fraction of sp³-hybridized carbons (Fsp3) is 0.857. The fourth-order valence-corrected chi connectivity index (χ4v) is 3.15. The molecule has 1 nitrogen and oxygen atoms in total. The van der Waals surface area contributed by atoms with Crippen molar-refractivity contribution >= 4 is 50.0 Å². The van der Waals surface area contributed by atoms with Crippen molar-refractivity contribution < 1.29 is 4.79 Å². The Morgan fingerprint density at radius 1 is 1.17 bits per heavy atom. The van der Waals surface area contributed by atoms with Gasteiger partial charge in [0.05, 0.1) is 0 Å². The van der Waals surface area contributed by atoms with Crippen LogP contribution < -0.4 is 0 Å². The fourth-order valence-electron chi connectivity index (χ4n) is 0.574. The normalized spacial score (nSPS) is 10.2. The molecule has 0 saturated heterocycles. The van der Waals surface area contributed by atoms with Crippen LogP contribution in [0.2, 0.25) is 0 Å². The van der Waals surface area contributed by atoms with E-state index in [1.165, 1.54) is 0 Å². The van der Waals surface area contributed by atoms with Crippen LogP contribution in [0.3, 0.4) is 0 Å². The smallest absolute Gasteiger partial charge is 0.221 e. The second-order valence-electron chi connectivity index (χ2n) is 2.15. The Morgan fingerprint density at radius 3 is 2.42 bits per heavy atom. The van der Waals surface area contributed by atoms with E-state index in [1.54, 1.807) is 10.8 Å². The average Bonchev–Trinajstić information content (AvgIpc) is 2.02. The summed E-state index contributed by atoms with van der Waals surface area (Å²) in [6.45, 7) is 0. The summed E-state index contributed by atoms with van der Waals surface area (Å²) < 4.78 is 0. The van der Waals surface area contributed by atoms with Crippen LogP contribution in [-0.2, 0) is 4.79 Å². The van der Waals surface area contributed by atoms with Gasteiger partial charge >= 0.3 is 0 Å². The van der Waals surface area contributed by atoms with Gasteiger partial charge in [-0.15, -0.1) is 11.6 Å². The number of unbranched alkanes of at least 4 members (excludes halogenated alkanes) is 1. The Bertz CT molecular complexity index is 122. The molecule has 0 spiro atoms. The third-order valence-corrected chi connectivity index (χ3v) is 4.19. The van der Waals surface area contributed by atoms with Crippen LogP contribution in [0.4, 0.5) is 0 Å². The zero-order valence-corrected chi connectivity index (χ0v) is 9.87. The van der Waals surface area contributed by atoms with E-state index in [9.17, 15) is 4.79 Å². The van der Waals surface area contributed by atoms with E-state index in [0.29, 0.717) is 12.3 Å². The molecule has 0 aromatic heterocycles. The Hall–Kier alpha value is 0.950. The summed E-state index contributed by atoms with van der Waals surface area (Å²) in [6.07, 6.45) is 2.46. The van der Waals surface area contributed by atoms with Gasteiger partial charge in [-0.25, -0.2) is 0 Å². The number of rotatable bonds is 8. The van der Waals surface area contributed by atoms with Gasteiger partial charge in [0, 0.05) is 23.8 Å². The molecule has 0 radical (unpaired) electrons. The van der Waals surface area contributed by atoms with Crippen LogP contribution in [0, 0.1) is 0 Å². The lowest BCUT2D eigenvalue weighted by Gasteiger charge is -1.97. The first-order valence-corrected chi connectivity index (χ1v) is 7.16. The predicted octanol–water partition coefficient (Wildman–Crippen LogP) is 3.54. The van der Waals surface area contributed by atoms with Gasteiger partial charge in [0.2, 0.25) is 5.24 Å². The first-order valence-electron chi connectivity index (χ1n) is 3.76. The van der Waals surface area contributed by atoms with Crippen molar-refractivity contribution in [1.29, 1.82) is 0 Å². The van der Waals surface area contributed by atoms with Crippen molar-refractivity contribution in [2.24, 2.45) is 0 Å². The summed E-state index contributed by atoms with van der Waals surface area (Å²) >= 11 is 10.7. The number of carbonyl (C=O) groups is 1. The summed E-state index contributed by atoms with van der Waals surface area (Å²) in [5.74, 6) is 2.77. The van der Waals surface area contributed by atoms with Gasteiger partial charge in [-0.1, -0.05) is 21.6 Å². The van der Waals surface area contributed by atoms with Crippen molar-refractivity contribution in [3.63, 3.8) is 0 Å². The summed E-state index contributed by atoms with van der Waals surface area (Å²) in [4.78, 5) is 10.3. The lowest BCUT2D eigenvalue weighted by atomic mass is 10.3. The van der Waals surface area contributed by atoms with Crippen LogP contribution >= 0.6 is 44.8 Å². The molecule has 0 aromatic carbocycles. The third kappa shape index (κ3) is 11.0. The summed E-state index contributed by atoms with van der Waals surface area (Å²) in [5.41, 5.74) is 0. The molecule has 0 aliphatic rings. The second-order valence-corrected chi connectivity index (χ2v) is 5.65. The molecule has 0 rings (SSSR count). The molecule has 0 heterocycles. The van der Waals surface area contributed by atoms with E-state index >= 15 is 0 Å². The predicted molar refractivity (Wildman–Crippen MR) is 60.3 cm³/mol. The third-order valence-electron chi connectivity index (χ3n) is 1.09. The second kappa shape index (κ2) is 10.0. The van der Waals surface area contributed by atoms with Gasteiger partial charge < -0.3 is 0 Å². The Labute approximate surface area is 91.3 Å². The molecule has 0 N–H and O–H groups in total. The van der Waals surface area contributed by atoms with Gasteiger partial charge in [-0.2, -0.15) is 0 Å². The minimum atomic E-state index is -0.228. The van der Waals surface area contributed by atoms with E-state index in [0.717, 1.165) is 24.3 Å². The van der Waals surface area contributed by atoms with Crippen molar-refractivity contribution in [3.05, 3.63) is 0 Å². The highest BCUT2D eigenvalue weighted by Gasteiger charge is 1.95. The van der Waals surface area contributed by atoms with Crippen LogP contribution in [-0.4, -0.2) is 22.6 Å². The standard InChI is InChI=1S/C7H12Cl2OS2/c8-4-6-12-11-5-2-1-3-7(9)10/h1-6H2. The van der Waals surface area contributed by atoms with Crippen LogP contribution in [0.25, 0.3) is 0 Å². The maximum Gasteiger partial charge on any atom is 0.221 e. The Kier molecular flexibility index (Phi) is 10.8. The largest absolute Gasteiger partial charge is 0.281 e. The highest BCUT2D eigenvalue weighted by molar-refractivity contribution is 8.76. The van der Waals surface area contributed by atoms with E-state index in [1.807, 2.05) is 10.8 Å². The van der Waals surface area contributed by atoms with Gasteiger partial charge in [-0.3, -0.25) is 4.79 Å². The van der Waals surface area contributed by atoms with Crippen LogP contribution in [0.5, 0.6) is 0 Å². The molecule has 0 fully saturated rings. The zero-order valence-electron chi connectivity index (χ0n) is 6.72. The molecule has 72 valence electrons. The number of hydrogen-bond acceptors (Lipinski definition) is 3. The van der Waals surface area contributed by atoms with E-state index in [2.05, 4.69) is 0 Å². The first kappa shape index (κ1) is 12.9. The maximum atomic E-state index is 10.3.